The van der Waals surface area contributed by atoms with Gasteiger partial charge in [-0.3, -0.25) is 19.2 Å². The van der Waals surface area contributed by atoms with Crippen LogP contribution in [0.4, 0.5) is 0 Å². The molecule has 0 aromatic carbocycles. The molecular weight excluding hydrogens is 328 g/mol. The summed E-state index contributed by atoms with van der Waals surface area (Å²) in [5.74, 6) is -2.86. The van der Waals surface area contributed by atoms with Crippen LogP contribution in [0.5, 0.6) is 0 Å². The summed E-state index contributed by atoms with van der Waals surface area (Å²) >= 11 is 0. The van der Waals surface area contributed by atoms with E-state index in [9.17, 15) is 19.2 Å². The number of hydrogen-bond acceptors (Lipinski definition) is 5. The van der Waals surface area contributed by atoms with Crippen LogP contribution in [0.3, 0.4) is 0 Å². The summed E-state index contributed by atoms with van der Waals surface area (Å²) in [6, 6.07) is -2.81. The number of hydrogen-bond donors (Lipinski definition) is 5. The second-order valence-corrected chi connectivity index (χ2v) is 6.75. The largest absolute Gasteiger partial charge is 0.480 e. The van der Waals surface area contributed by atoms with Gasteiger partial charge in [-0.25, -0.2) is 0 Å². The van der Waals surface area contributed by atoms with E-state index in [4.69, 9.17) is 10.8 Å². The topological polar surface area (TPSA) is 151 Å². The average molecular weight is 358 g/mol. The molecule has 0 aromatic heterocycles. The first kappa shape index (κ1) is 22.8. The molecule has 0 spiro atoms. The van der Waals surface area contributed by atoms with E-state index in [1.807, 2.05) is 13.8 Å². The smallest absolute Gasteiger partial charge is 0.325 e. The Morgan fingerprint density at radius 3 is 1.88 bits per heavy atom. The van der Waals surface area contributed by atoms with Crippen molar-refractivity contribution in [2.24, 2.45) is 17.6 Å². The fourth-order valence-electron chi connectivity index (χ4n) is 2.11. The minimum atomic E-state index is -1.17. The van der Waals surface area contributed by atoms with Crippen molar-refractivity contribution in [3.05, 3.63) is 0 Å². The molecular formula is C16H30N4O5. The molecule has 3 amide bonds. The normalized spacial score (nSPS) is 14.6. The van der Waals surface area contributed by atoms with Gasteiger partial charge in [0.05, 0.1) is 6.54 Å². The van der Waals surface area contributed by atoms with Crippen molar-refractivity contribution in [3.8, 4) is 0 Å². The van der Waals surface area contributed by atoms with Crippen LogP contribution in [0.15, 0.2) is 0 Å². The van der Waals surface area contributed by atoms with Gasteiger partial charge in [-0.1, -0.05) is 27.7 Å². The van der Waals surface area contributed by atoms with Crippen molar-refractivity contribution in [2.75, 3.05) is 6.54 Å². The molecule has 3 unspecified atom stereocenters. The van der Waals surface area contributed by atoms with Crippen LogP contribution in [-0.4, -0.2) is 53.5 Å². The van der Waals surface area contributed by atoms with Crippen molar-refractivity contribution < 1.29 is 24.3 Å². The Hall–Kier alpha value is -2.16. The Balaban J connectivity index is 5.14. The van der Waals surface area contributed by atoms with Crippen LogP contribution in [0.2, 0.25) is 0 Å². The van der Waals surface area contributed by atoms with E-state index in [1.54, 1.807) is 13.8 Å². The van der Waals surface area contributed by atoms with Crippen LogP contribution in [0.25, 0.3) is 0 Å². The molecule has 0 heterocycles. The van der Waals surface area contributed by atoms with E-state index in [2.05, 4.69) is 16.0 Å². The zero-order chi connectivity index (χ0) is 19.7. The van der Waals surface area contributed by atoms with Gasteiger partial charge in [-0.05, 0) is 25.2 Å². The Morgan fingerprint density at radius 2 is 1.48 bits per heavy atom. The summed E-state index contributed by atoms with van der Waals surface area (Å²) in [5.41, 5.74) is 5.26. The number of amides is 3. The second kappa shape index (κ2) is 10.7. The maximum absolute atomic E-state index is 12.5. The lowest BCUT2D eigenvalue weighted by Crippen LogP contribution is -2.57. The van der Waals surface area contributed by atoms with Crippen molar-refractivity contribution in [1.29, 1.82) is 0 Å². The number of carboxylic acids is 1. The summed E-state index contributed by atoms with van der Waals surface area (Å²) in [6.07, 6.45) is 0.333. The molecule has 9 heteroatoms. The summed E-state index contributed by atoms with van der Waals surface area (Å²) in [6.45, 7) is 8.36. The van der Waals surface area contributed by atoms with Crippen molar-refractivity contribution in [2.45, 2.75) is 59.2 Å². The van der Waals surface area contributed by atoms with E-state index in [1.165, 1.54) is 6.92 Å². The number of carboxylic acid groups (broad SMARTS) is 1. The number of aliphatic carboxylic acids is 1. The third-order valence-electron chi connectivity index (χ3n) is 3.52. The third-order valence-corrected chi connectivity index (χ3v) is 3.52. The molecule has 0 rings (SSSR count). The van der Waals surface area contributed by atoms with Gasteiger partial charge in [0.2, 0.25) is 17.7 Å². The SMILES string of the molecule is CC(C)CC(NC(=O)C(NC(=O)CN)C(C)C)C(=O)NC(C)C(=O)O. The lowest BCUT2D eigenvalue weighted by molar-refractivity contribution is -0.142. The van der Waals surface area contributed by atoms with E-state index in [-0.39, 0.29) is 18.4 Å². The fourth-order valence-corrected chi connectivity index (χ4v) is 2.11. The number of nitrogens with one attached hydrogen (secondary N) is 3. The Labute approximate surface area is 148 Å². The molecule has 0 radical (unpaired) electrons. The molecule has 6 N–H and O–H groups in total. The lowest BCUT2D eigenvalue weighted by atomic mass is 9.99. The molecule has 3 atom stereocenters. The first-order chi connectivity index (χ1) is 11.5. The van der Waals surface area contributed by atoms with E-state index in [0.29, 0.717) is 6.42 Å². The zero-order valence-electron chi connectivity index (χ0n) is 15.5. The molecule has 9 nitrogen and oxygen atoms in total. The lowest BCUT2D eigenvalue weighted by Gasteiger charge is -2.26. The molecule has 0 fully saturated rings. The Bertz CT molecular complexity index is 493. The van der Waals surface area contributed by atoms with Crippen LogP contribution in [0, 0.1) is 11.8 Å². The highest BCUT2D eigenvalue weighted by Gasteiger charge is 2.30. The highest BCUT2D eigenvalue weighted by atomic mass is 16.4. The molecule has 0 bridgehead atoms. The molecule has 0 saturated heterocycles. The number of rotatable bonds is 10. The van der Waals surface area contributed by atoms with Crippen LogP contribution < -0.4 is 21.7 Å². The number of nitrogens with two attached hydrogens (primary N) is 1. The van der Waals surface area contributed by atoms with E-state index >= 15 is 0 Å². The van der Waals surface area contributed by atoms with Gasteiger partial charge in [0, 0.05) is 0 Å². The molecule has 0 aliphatic carbocycles. The number of carbonyl (C=O) groups is 4. The van der Waals surface area contributed by atoms with Gasteiger partial charge in [-0.15, -0.1) is 0 Å². The standard InChI is InChI=1S/C16H30N4O5/c1-8(2)6-11(14(22)18-10(5)16(24)25)19-15(23)13(9(3)4)20-12(21)7-17/h8-11,13H,6-7,17H2,1-5H3,(H,18,22)(H,19,23)(H,20,21)(H,24,25). The molecule has 0 saturated carbocycles. The predicted molar refractivity (Wildman–Crippen MR) is 92.4 cm³/mol. The summed E-state index contributed by atoms with van der Waals surface area (Å²) in [4.78, 5) is 47.2. The second-order valence-electron chi connectivity index (χ2n) is 6.75. The Morgan fingerprint density at radius 1 is 0.920 bits per heavy atom. The maximum Gasteiger partial charge on any atom is 0.325 e. The van der Waals surface area contributed by atoms with Gasteiger partial charge in [0.1, 0.15) is 18.1 Å². The van der Waals surface area contributed by atoms with Crippen LogP contribution >= 0.6 is 0 Å². The van der Waals surface area contributed by atoms with Crippen molar-refractivity contribution >= 4 is 23.7 Å². The molecule has 25 heavy (non-hydrogen) atoms. The highest BCUT2D eigenvalue weighted by molar-refractivity contribution is 5.93. The van der Waals surface area contributed by atoms with Crippen molar-refractivity contribution in [1.82, 2.24) is 16.0 Å². The zero-order valence-corrected chi connectivity index (χ0v) is 15.5. The molecule has 0 aliphatic heterocycles. The van der Waals surface area contributed by atoms with Gasteiger partial charge in [0.25, 0.3) is 0 Å². The molecule has 144 valence electrons. The van der Waals surface area contributed by atoms with E-state index < -0.39 is 41.8 Å². The Kier molecular flexibility index (Phi) is 9.73. The molecule has 0 aromatic rings. The predicted octanol–water partition coefficient (Wildman–Crippen LogP) is -0.794. The average Bonchev–Trinajstić information content (AvgIpc) is 2.50. The van der Waals surface area contributed by atoms with Crippen LogP contribution in [-0.2, 0) is 19.2 Å². The molecule has 0 aliphatic rings. The van der Waals surface area contributed by atoms with Gasteiger partial charge in [0.15, 0.2) is 0 Å². The maximum atomic E-state index is 12.5. The monoisotopic (exact) mass is 358 g/mol. The van der Waals surface area contributed by atoms with Crippen LogP contribution in [0.1, 0.15) is 41.0 Å². The van der Waals surface area contributed by atoms with Gasteiger partial charge < -0.3 is 26.8 Å². The number of carbonyl (C=O) groups excluding carboxylic acids is 3. The quantitative estimate of drug-likeness (QED) is 0.345. The highest BCUT2D eigenvalue weighted by Crippen LogP contribution is 2.08. The van der Waals surface area contributed by atoms with Gasteiger partial charge >= 0.3 is 5.97 Å². The van der Waals surface area contributed by atoms with E-state index in [0.717, 1.165) is 0 Å². The first-order valence-corrected chi connectivity index (χ1v) is 8.32. The summed E-state index contributed by atoms with van der Waals surface area (Å²) in [7, 11) is 0. The minimum Gasteiger partial charge on any atom is -0.480 e. The summed E-state index contributed by atoms with van der Waals surface area (Å²) < 4.78 is 0. The minimum absolute atomic E-state index is 0.0901. The third kappa shape index (κ3) is 8.48. The first-order valence-electron chi connectivity index (χ1n) is 8.32. The van der Waals surface area contributed by atoms with Gasteiger partial charge in [-0.2, -0.15) is 0 Å². The summed E-state index contributed by atoms with van der Waals surface area (Å²) in [5, 5.41) is 16.4. The van der Waals surface area contributed by atoms with Crippen molar-refractivity contribution in [3.63, 3.8) is 0 Å². The fraction of sp³-hybridized carbons (Fsp3) is 0.750.